The lowest BCUT2D eigenvalue weighted by molar-refractivity contribution is 0.139. The second-order valence-corrected chi connectivity index (χ2v) is 7.28. The fraction of sp³-hybridized carbons (Fsp3) is 1.00. The number of hydrogen-bond donors (Lipinski definition) is 1. The number of rotatable bonds is 17. The van der Waals surface area contributed by atoms with E-state index in [1.54, 1.807) is 0 Å². The van der Waals surface area contributed by atoms with Crippen molar-refractivity contribution in [3.05, 3.63) is 0 Å². The summed E-state index contributed by atoms with van der Waals surface area (Å²) in [6.45, 7) is 3.28. The smallest absolute Gasteiger partial charge is 0.0552 e. The second-order valence-electron chi connectivity index (χ2n) is 7.28. The van der Waals surface area contributed by atoms with Gasteiger partial charge in [0.1, 0.15) is 0 Å². The van der Waals surface area contributed by atoms with E-state index in [4.69, 9.17) is 0 Å². The number of nitrogens with zero attached hydrogens (tertiary/aromatic N) is 1. The van der Waals surface area contributed by atoms with Crippen molar-refractivity contribution >= 4 is 0 Å². The van der Waals surface area contributed by atoms with E-state index in [9.17, 15) is 5.11 Å². The lowest BCUT2D eigenvalue weighted by Crippen LogP contribution is -2.19. The van der Waals surface area contributed by atoms with Crippen LogP contribution in [0.3, 0.4) is 0 Å². The highest BCUT2D eigenvalue weighted by Gasteiger charge is 2.04. The van der Waals surface area contributed by atoms with Crippen molar-refractivity contribution in [1.82, 2.24) is 4.90 Å². The third-order valence-electron chi connectivity index (χ3n) is 4.55. The minimum absolute atomic E-state index is 0.0879. The molecule has 0 rings (SSSR count). The van der Waals surface area contributed by atoms with Crippen molar-refractivity contribution in [2.45, 2.75) is 109 Å². The summed E-state index contributed by atoms with van der Waals surface area (Å²) in [6, 6.07) is 0. The molecule has 0 aromatic heterocycles. The molecule has 0 heterocycles. The van der Waals surface area contributed by atoms with Gasteiger partial charge in [0, 0.05) is 0 Å². The summed E-state index contributed by atoms with van der Waals surface area (Å²) in [4.78, 5) is 2.15. The van der Waals surface area contributed by atoms with Gasteiger partial charge in [-0.3, -0.25) is 0 Å². The molecule has 2 heteroatoms. The van der Waals surface area contributed by atoms with Crippen LogP contribution in [0.1, 0.15) is 103 Å². The van der Waals surface area contributed by atoms with Gasteiger partial charge in [0.15, 0.2) is 0 Å². The molecular formula is C20H43NO. The van der Waals surface area contributed by atoms with Crippen molar-refractivity contribution in [2.75, 3.05) is 20.6 Å². The lowest BCUT2D eigenvalue weighted by atomic mass is 10.0. The van der Waals surface area contributed by atoms with Crippen LogP contribution in [0.4, 0.5) is 0 Å². The molecule has 134 valence electrons. The van der Waals surface area contributed by atoms with Gasteiger partial charge in [0.2, 0.25) is 0 Å². The molecule has 0 saturated carbocycles. The molecule has 0 aliphatic carbocycles. The summed E-state index contributed by atoms with van der Waals surface area (Å²) in [7, 11) is 4.13. The van der Waals surface area contributed by atoms with Crippen LogP contribution in [0, 0.1) is 0 Å². The molecule has 1 atom stereocenters. The van der Waals surface area contributed by atoms with E-state index in [-0.39, 0.29) is 6.10 Å². The van der Waals surface area contributed by atoms with Crippen LogP contribution in [0.25, 0.3) is 0 Å². The van der Waals surface area contributed by atoms with Crippen LogP contribution < -0.4 is 0 Å². The summed E-state index contributed by atoms with van der Waals surface area (Å²) in [5.74, 6) is 0. The van der Waals surface area contributed by atoms with Crippen LogP contribution in [-0.2, 0) is 0 Å². The zero-order chi connectivity index (χ0) is 16.5. The Labute approximate surface area is 140 Å². The molecule has 0 aliphatic rings. The van der Waals surface area contributed by atoms with Gasteiger partial charge >= 0.3 is 0 Å². The van der Waals surface area contributed by atoms with Crippen molar-refractivity contribution in [1.29, 1.82) is 0 Å². The molecule has 0 aromatic carbocycles. The quantitative estimate of drug-likeness (QED) is 0.344. The Morgan fingerprint density at radius 1 is 0.636 bits per heavy atom. The molecule has 0 amide bonds. The Morgan fingerprint density at radius 3 is 1.45 bits per heavy atom. The zero-order valence-corrected chi connectivity index (χ0v) is 15.8. The van der Waals surface area contributed by atoms with Crippen molar-refractivity contribution in [3.63, 3.8) is 0 Å². The van der Waals surface area contributed by atoms with Gasteiger partial charge in [-0.2, -0.15) is 0 Å². The number of hydrogen-bond acceptors (Lipinski definition) is 2. The molecule has 0 fully saturated rings. The third-order valence-corrected chi connectivity index (χ3v) is 4.55. The standard InChI is InChI=1S/C20H43NO/c1-4-5-6-7-8-9-10-11-12-13-14-15-16-17-20(22)18-19-21(2)3/h20,22H,4-19H2,1-3H3/t20-/m0/s1. The maximum absolute atomic E-state index is 9.85. The molecule has 0 saturated heterocycles. The first-order valence-corrected chi connectivity index (χ1v) is 9.99. The Hall–Kier alpha value is -0.0800. The first-order valence-electron chi connectivity index (χ1n) is 9.99. The molecule has 0 bridgehead atoms. The predicted molar refractivity (Wildman–Crippen MR) is 99.5 cm³/mol. The van der Waals surface area contributed by atoms with Crippen molar-refractivity contribution in [3.8, 4) is 0 Å². The van der Waals surface area contributed by atoms with Crippen LogP contribution in [0.15, 0.2) is 0 Å². The van der Waals surface area contributed by atoms with E-state index in [1.165, 1.54) is 83.5 Å². The SMILES string of the molecule is CCCCCCCCCCCCCCC[C@H](O)CCN(C)C. The summed E-state index contributed by atoms with van der Waals surface area (Å²) in [6.07, 6.45) is 19.9. The van der Waals surface area contributed by atoms with Gasteiger partial charge in [-0.05, 0) is 33.5 Å². The largest absolute Gasteiger partial charge is 0.393 e. The highest BCUT2D eigenvalue weighted by atomic mass is 16.3. The van der Waals surface area contributed by atoms with E-state index >= 15 is 0 Å². The summed E-state index contributed by atoms with van der Waals surface area (Å²) < 4.78 is 0. The van der Waals surface area contributed by atoms with Gasteiger partial charge in [-0.1, -0.05) is 90.4 Å². The van der Waals surface area contributed by atoms with E-state index in [1.807, 2.05) is 0 Å². The molecule has 0 unspecified atom stereocenters. The summed E-state index contributed by atoms with van der Waals surface area (Å²) in [5.41, 5.74) is 0. The number of unbranched alkanes of at least 4 members (excludes halogenated alkanes) is 12. The van der Waals surface area contributed by atoms with Crippen LogP contribution >= 0.6 is 0 Å². The van der Waals surface area contributed by atoms with Crippen LogP contribution in [-0.4, -0.2) is 36.8 Å². The van der Waals surface area contributed by atoms with E-state index in [0.717, 1.165) is 19.4 Å². The van der Waals surface area contributed by atoms with Crippen molar-refractivity contribution in [2.24, 2.45) is 0 Å². The van der Waals surface area contributed by atoms with E-state index in [2.05, 4.69) is 25.9 Å². The fourth-order valence-electron chi connectivity index (χ4n) is 2.95. The third kappa shape index (κ3) is 18.0. The Bertz CT molecular complexity index is 206. The monoisotopic (exact) mass is 313 g/mol. The Kier molecular flexibility index (Phi) is 17.2. The molecule has 0 radical (unpaired) electrons. The fourth-order valence-corrected chi connectivity index (χ4v) is 2.95. The maximum atomic E-state index is 9.85. The molecule has 22 heavy (non-hydrogen) atoms. The van der Waals surface area contributed by atoms with Crippen LogP contribution in [0.5, 0.6) is 0 Å². The zero-order valence-electron chi connectivity index (χ0n) is 15.8. The number of aliphatic hydroxyl groups excluding tert-OH is 1. The average Bonchev–Trinajstić information content (AvgIpc) is 2.49. The first kappa shape index (κ1) is 21.9. The average molecular weight is 314 g/mol. The van der Waals surface area contributed by atoms with Crippen LogP contribution in [0.2, 0.25) is 0 Å². The predicted octanol–water partition coefficient (Wildman–Crippen LogP) is 5.78. The van der Waals surface area contributed by atoms with Gasteiger partial charge in [0.25, 0.3) is 0 Å². The van der Waals surface area contributed by atoms with Gasteiger partial charge < -0.3 is 10.0 Å². The topological polar surface area (TPSA) is 23.5 Å². The summed E-state index contributed by atoms with van der Waals surface area (Å²) in [5, 5.41) is 9.85. The minimum atomic E-state index is -0.0879. The van der Waals surface area contributed by atoms with Gasteiger partial charge in [-0.15, -0.1) is 0 Å². The maximum Gasteiger partial charge on any atom is 0.0552 e. The lowest BCUT2D eigenvalue weighted by Gasteiger charge is -2.14. The molecule has 0 spiro atoms. The van der Waals surface area contributed by atoms with Gasteiger partial charge in [0.05, 0.1) is 6.10 Å². The summed E-state index contributed by atoms with van der Waals surface area (Å²) >= 11 is 0. The normalized spacial score (nSPS) is 13.0. The molecular weight excluding hydrogens is 270 g/mol. The van der Waals surface area contributed by atoms with Crippen molar-refractivity contribution < 1.29 is 5.11 Å². The molecule has 2 nitrogen and oxygen atoms in total. The minimum Gasteiger partial charge on any atom is -0.393 e. The van der Waals surface area contributed by atoms with Gasteiger partial charge in [-0.25, -0.2) is 0 Å². The highest BCUT2D eigenvalue weighted by Crippen LogP contribution is 2.13. The first-order chi connectivity index (χ1) is 10.7. The Morgan fingerprint density at radius 2 is 1.05 bits per heavy atom. The van der Waals surface area contributed by atoms with E-state index < -0.39 is 0 Å². The highest BCUT2D eigenvalue weighted by molar-refractivity contribution is 4.58. The van der Waals surface area contributed by atoms with E-state index in [0.29, 0.717) is 0 Å². The molecule has 1 N–H and O–H groups in total. The number of aliphatic hydroxyl groups is 1. The molecule has 0 aliphatic heterocycles. The Balaban J connectivity index is 3.08. The molecule has 0 aromatic rings. The second kappa shape index (κ2) is 17.3.